The van der Waals surface area contributed by atoms with Crippen LogP contribution >= 0.6 is 0 Å². The molecule has 0 aromatic heterocycles. The number of hydrogen-bond acceptors (Lipinski definition) is 2. The topological polar surface area (TPSA) is 29.5 Å². The van der Waals surface area contributed by atoms with E-state index in [1.165, 1.54) is 0 Å². The second-order valence-electron chi connectivity index (χ2n) is 3.39. The zero-order valence-corrected chi connectivity index (χ0v) is 7.29. The van der Waals surface area contributed by atoms with Gasteiger partial charge in [0.2, 0.25) is 0 Å². The van der Waals surface area contributed by atoms with Crippen LogP contribution in [0, 0.1) is 6.92 Å². The van der Waals surface area contributed by atoms with E-state index < -0.39 is 0 Å². The maximum absolute atomic E-state index is 9.55. The first-order valence-corrected chi connectivity index (χ1v) is 4.16. The van der Waals surface area contributed by atoms with Crippen molar-refractivity contribution in [2.24, 2.45) is 0 Å². The summed E-state index contributed by atoms with van der Waals surface area (Å²) < 4.78 is 5.51. The lowest BCUT2D eigenvalue weighted by atomic mass is 10.1. The normalized spacial score (nSPS) is 20.3. The molecule has 12 heavy (non-hydrogen) atoms. The lowest BCUT2D eigenvalue weighted by molar-refractivity contribution is 0.254. The van der Waals surface area contributed by atoms with Gasteiger partial charge in [0.25, 0.3) is 0 Å². The van der Waals surface area contributed by atoms with Crippen molar-refractivity contribution in [3.8, 4) is 11.5 Å². The van der Waals surface area contributed by atoms with Crippen molar-refractivity contribution in [1.82, 2.24) is 0 Å². The van der Waals surface area contributed by atoms with Crippen LogP contribution < -0.4 is 4.74 Å². The fraction of sp³-hybridized carbons (Fsp3) is 0.400. The highest BCUT2D eigenvalue weighted by molar-refractivity contribution is 5.49. The van der Waals surface area contributed by atoms with Crippen LogP contribution in [0.5, 0.6) is 11.5 Å². The minimum absolute atomic E-state index is 0.202. The van der Waals surface area contributed by atoms with E-state index in [1.54, 1.807) is 6.07 Å². The molecule has 2 rings (SSSR count). The third-order valence-corrected chi connectivity index (χ3v) is 2.15. The summed E-state index contributed by atoms with van der Waals surface area (Å²) in [5.41, 5.74) is 1.99. The van der Waals surface area contributed by atoms with Gasteiger partial charge in [0.05, 0.1) is 0 Å². The van der Waals surface area contributed by atoms with Gasteiger partial charge in [0.15, 0.2) is 0 Å². The van der Waals surface area contributed by atoms with Gasteiger partial charge < -0.3 is 9.84 Å². The van der Waals surface area contributed by atoms with Gasteiger partial charge in [0, 0.05) is 12.0 Å². The SMILES string of the molecule is Cc1cc(O)c2c(c1)OC(C)C2. The summed E-state index contributed by atoms with van der Waals surface area (Å²) >= 11 is 0. The van der Waals surface area contributed by atoms with Crippen molar-refractivity contribution in [2.45, 2.75) is 26.4 Å². The van der Waals surface area contributed by atoms with Crippen molar-refractivity contribution in [2.75, 3.05) is 0 Å². The van der Waals surface area contributed by atoms with Crippen LogP contribution in [0.2, 0.25) is 0 Å². The quantitative estimate of drug-likeness (QED) is 0.635. The first-order chi connectivity index (χ1) is 5.66. The van der Waals surface area contributed by atoms with Crippen molar-refractivity contribution in [3.63, 3.8) is 0 Å². The van der Waals surface area contributed by atoms with Gasteiger partial charge in [0.1, 0.15) is 17.6 Å². The Morgan fingerprint density at radius 3 is 3.00 bits per heavy atom. The van der Waals surface area contributed by atoms with Gasteiger partial charge in [-0.15, -0.1) is 0 Å². The summed E-state index contributed by atoms with van der Waals surface area (Å²) in [5, 5.41) is 9.55. The molecule has 2 heteroatoms. The molecule has 1 N–H and O–H groups in total. The van der Waals surface area contributed by atoms with E-state index in [0.29, 0.717) is 5.75 Å². The molecule has 1 unspecified atom stereocenters. The van der Waals surface area contributed by atoms with Gasteiger partial charge >= 0.3 is 0 Å². The molecule has 0 amide bonds. The van der Waals surface area contributed by atoms with Gasteiger partial charge in [-0.25, -0.2) is 0 Å². The molecule has 2 nitrogen and oxygen atoms in total. The zero-order chi connectivity index (χ0) is 8.72. The molecule has 1 aromatic rings. The zero-order valence-electron chi connectivity index (χ0n) is 7.29. The molecule has 0 spiro atoms. The van der Waals surface area contributed by atoms with Crippen LogP contribution in [-0.4, -0.2) is 11.2 Å². The molecule has 0 saturated carbocycles. The molecule has 1 aliphatic heterocycles. The summed E-state index contributed by atoms with van der Waals surface area (Å²) in [4.78, 5) is 0. The Labute approximate surface area is 71.8 Å². The summed E-state index contributed by atoms with van der Waals surface area (Å²) in [5.74, 6) is 1.22. The molecule has 0 bridgehead atoms. The van der Waals surface area contributed by atoms with E-state index in [-0.39, 0.29) is 6.10 Å². The predicted octanol–water partition coefficient (Wildman–Crippen LogP) is 2.02. The first kappa shape index (κ1) is 7.47. The first-order valence-electron chi connectivity index (χ1n) is 4.16. The lowest BCUT2D eigenvalue weighted by Gasteiger charge is -2.03. The maximum atomic E-state index is 9.55. The van der Waals surface area contributed by atoms with Crippen LogP contribution in [0.3, 0.4) is 0 Å². The summed E-state index contributed by atoms with van der Waals surface area (Å²) in [6.07, 6.45) is 1.02. The third kappa shape index (κ3) is 1.04. The van der Waals surface area contributed by atoms with Crippen molar-refractivity contribution in [1.29, 1.82) is 0 Å². The average Bonchev–Trinajstić information content (AvgIpc) is 2.29. The number of aromatic hydroxyl groups is 1. The Balaban J connectivity index is 2.52. The molecular formula is C10H12O2. The third-order valence-electron chi connectivity index (χ3n) is 2.15. The second kappa shape index (κ2) is 2.41. The van der Waals surface area contributed by atoms with E-state index in [1.807, 2.05) is 19.9 Å². The van der Waals surface area contributed by atoms with Gasteiger partial charge in [-0.2, -0.15) is 0 Å². The molecule has 0 fully saturated rings. The minimum atomic E-state index is 0.202. The molecule has 0 aliphatic carbocycles. The van der Waals surface area contributed by atoms with E-state index in [9.17, 15) is 5.11 Å². The maximum Gasteiger partial charge on any atom is 0.127 e. The predicted molar refractivity (Wildman–Crippen MR) is 46.6 cm³/mol. The Bertz CT molecular complexity index is 318. The molecule has 1 heterocycles. The summed E-state index contributed by atoms with van der Waals surface area (Å²) in [6, 6.07) is 3.75. The smallest absolute Gasteiger partial charge is 0.127 e. The van der Waals surface area contributed by atoms with Crippen LogP contribution in [-0.2, 0) is 6.42 Å². The molecule has 64 valence electrons. The fourth-order valence-corrected chi connectivity index (χ4v) is 1.62. The second-order valence-corrected chi connectivity index (χ2v) is 3.39. The lowest BCUT2D eigenvalue weighted by Crippen LogP contribution is -2.05. The number of fused-ring (bicyclic) bond motifs is 1. The van der Waals surface area contributed by atoms with Crippen molar-refractivity contribution < 1.29 is 9.84 Å². The number of ether oxygens (including phenoxy) is 1. The highest BCUT2D eigenvalue weighted by atomic mass is 16.5. The summed E-state index contributed by atoms with van der Waals surface area (Å²) in [6.45, 7) is 3.96. The molecule has 1 atom stereocenters. The average molecular weight is 164 g/mol. The summed E-state index contributed by atoms with van der Waals surface area (Å²) in [7, 11) is 0. The molecular weight excluding hydrogens is 152 g/mol. The number of benzene rings is 1. The number of hydrogen-bond donors (Lipinski definition) is 1. The monoisotopic (exact) mass is 164 g/mol. The number of aryl methyl sites for hydroxylation is 1. The highest BCUT2D eigenvalue weighted by Gasteiger charge is 2.22. The molecule has 1 aromatic carbocycles. The van der Waals surface area contributed by atoms with Crippen LogP contribution in [0.15, 0.2) is 12.1 Å². The van der Waals surface area contributed by atoms with E-state index in [0.717, 1.165) is 23.3 Å². The van der Waals surface area contributed by atoms with Crippen LogP contribution in [0.4, 0.5) is 0 Å². The molecule has 0 saturated heterocycles. The Morgan fingerprint density at radius 2 is 2.25 bits per heavy atom. The Morgan fingerprint density at radius 1 is 1.50 bits per heavy atom. The van der Waals surface area contributed by atoms with Gasteiger partial charge in [-0.05, 0) is 31.5 Å². The highest BCUT2D eigenvalue weighted by Crippen LogP contribution is 2.36. The Kier molecular flexibility index (Phi) is 1.50. The van der Waals surface area contributed by atoms with E-state index >= 15 is 0 Å². The van der Waals surface area contributed by atoms with E-state index in [4.69, 9.17) is 4.74 Å². The number of rotatable bonds is 0. The van der Waals surface area contributed by atoms with E-state index in [2.05, 4.69) is 0 Å². The van der Waals surface area contributed by atoms with Crippen LogP contribution in [0.25, 0.3) is 0 Å². The molecule has 1 aliphatic rings. The van der Waals surface area contributed by atoms with Gasteiger partial charge in [-0.1, -0.05) is 0 Å². The van der Waals surface area contributed by atoms with Crippen molar-refractivity contribution in [3.05, 3.63) is 23.3 Å². The van der Waals surface area contributed by atoms with Crippen molar-refractivity contribution >= 4 is 0 Å². The minimum Gasteiger partial charge on any atom is -0.508 e. The van der Waals surface area contributed by atoms with Gasteiger partial charge in [-0.3, -0.25) is 0 Å². The largest absolute Gasteiger partial charge is 0.508 e. The Hall–Kier alpha value is -1.18. The van der Waals surface area contributed by atoms with Crippen LogP contribution in [0.1, 0.15) is 18.1 Å². The standard InChI is InChI=1S/C10H12O2/c1-6-3-9(11)8-5-7(2)12-10(8)4-6/h3-4,7,11H,5H2,1-2H3. The number of phenolic OH excluding ortho intramolecular Hbond substituents is 1. The number of phenols is 1. The molecule has 0 radical (unpaired) electrons. The fourth-order valence-electron chi connectivity index (χ4n) is 1.62.